The quantitative estimate of drug-likeness (QED) is 0.365. The molecule has 0 fully saturated rings. The van der Waals surface area contributed by atoms with Crippen LogP contribution in [0.3, 0.4) is 0 Å². The normalized spacial score (nSPS) is 11.0. The lowest BCUT2D eigenvalue weighted by Crippen LogP contribution is -2.27. The first-order chi connectivity index (χ1) is 16.0. The third-order valence-electron chi connectivity index (χ3n) is 5.11. The molecule has 0 saturated heterocycles. The van der Waals surface area contributed by atoms with Crippen molar-refractivity contribution < 1.29 is 14.3 Å². The fourth-order valence-corrected chi connectivity index (χ4v) is 3.58. The summed E-state index contributed by atoms with van der Waals surface area (Å²) in [6.07, 6.45) is 4.64. The van der Waals surface area contributed by atoms with Crippen LogP contribution in [0.5, 0.6) is 11.5 Å². The molecule has 0 aliphatic rings. The average Bonchev–Trinajstić information content (AvgIpc) is 3.20. The maximum atomic E-state index is 13.3. The Morgan fingerprint density at radius 3 is 2.27 bits per heavy atom. The van der Waals surface area contributed by atoms with E-state index in [1.165, 1.54) is 10.6 Å². The van der Waals surface area contributed by atoms with Gasteiger partial charge in [-0.15, -0.1) is 0 Å². The van der Waals surface area contributed by atoms with Gasteiger partial charge in [0.2, 0.25) is 0 Å². The number of imidazole rings is 1. The molecule has 166 valence electrons. The van der Waals surface area contributed by atoms with Crippen molar-refractivity contribution in [2.75, 3.05) is 14.2 Å². The van der Waals surface area contributed by atoms with Crippen LogP contribution in [-0.4, -0.2) is 29.3 Å². The Morgan fingerprint density at radius 1 is 0.909 bits per heavy atom. The van der Waals surface area contributed by atoms with Crippen molar-refractivity contribution in [3.8, 4) is 28.4 Å². The van der Waals surface area contributed by atoms with Crippen LogP contribution < -0.4 is 15.2 Å². The second kappa shape index (κ2) is 9.63. The minimum absolute atomic E-state index is 0.461. The molecule has 0 unspecified atom stereocenters. The van der Waals surface area contributed by atoms with Crippen LogP contribution >= 0.6 is 11.6 Å². The third kappa shape index (κ3) is 4.61. The van der Waals surface area contributed by atoms with Gasteiger partial charge in [0, 0.05) is 22.9 Å². The van der Waals surface area contributed by atoms with Gasteiger partial charge >= 0.3 is 5.69 Å². The van der Waals surface area contributed by atoms with E-state index in [9.17, 15) is 9.59 Å². The summed E-state index contributed by atoms with van der Waals surface area (Å²) < 4.78 is 13.2. The third-order valence-corrected chi connectivity index (χ3v) is 5.36. The first-order valence-corrected chi connectivity index (χ1v) is 10.5. The van der Waals surface area contributed by atoms with Gasteiger partial charge in [-0.25, -0.2) is 9.36 Å². The van der Waals surface area contributed by atoms with E-state index in [2.05, 4.69) is 0 Å². The van der Waals surface area contributed by atoms with Gasteiger partial charge in [-0.2, -0.15) is 0 Å². The number of aromatic nitrogens is 2. The lowest BCUT2D eigenvalue weighted by atomic mass is 10.1. The van der Waals surface area contributed by atoms with Gasteiger partial charge in [0.25, 0.3) is 5.91 Å². The highest BCUT2D eigenvalue weighted by Crippen LogP contribution is 2.28. The summed E-state index contributed by atoms with van der Waals surface area (Å²) in [6, 6.07) is 21.4. The Labute approximate surface area is 195 Å². The highest BCUT2D eigenvalue weighted by atomic mass is 35.5. The number of halogens is 1. The number of allylic oxidation sites excluding steroid dienone is 1. The molecule has 0 bridgehead atoms. The van der Waals surface area contributed by atoms with E-state index < -0.39 is 11.6 Å². The number of carbonyl (C=O) groups excluding carboxylic acids is 1. The summed E-state index contributed by atoms with van der Waals surface area (Å²) in [4.78, 5) is 26.5. The van der Waals surface area contributed by atoms with Crippen molar-refractivity contribution in [3.05, 3.63) is 106 Å². The zero-order chi connectivity index (χ0) is 23.4. The standard InChI is InChI=1S/C26H21ClN2O4/c1-32-23-14-8-18(16-24(23)33-2)9-15-25(30)29-22(19-10-12-20(27)13-11-19)17-28(26(29)31)21-6-4-3-5-7-21/h3-17H,1-2H3/b15-9+. The highest BCUT2D eigenvalue weighted by Gasteiger charge is 2.18. The molecule has 7 heteroatoms. The van der Waals surface area contributed by atoms with Gasteiger partial charge in [-0.05, 0) is 48.0 Å². The van der Waals surface area contributed by atoms with Crippen LogP contribution in [0.2, 0.25) is 5.02 Å². The number of para-hydroxylation sites is 1. The van der Waals surface area contributed by atoms with Crippen molar-refractivity contribution in [2.45, 2.75) is 0 Å². The van der Waals surface area contributed by atoms with Crippen LogP contribution in [0, 0.1) is 0 Å². The maximum Gasteiger partial charge on any atom is 0.340 e. The fraction of sp³-hybridized carbons (Fsp3) is 0.0769. The molecular formula is C26H21ClN2O4. The maximum absolute atomic E-state index is 13.3. The second-order valence-corrected chi connectivity index (χ2v) is 7.57. The van der Waals surface area contributed by atoms with Crippen LogP contribution in [0.25, 0.3) is 23.0 Å². The Bertz CT molecular complexity index is 1370. The predicted molar refractivity (Wildman–Crippen MR) is 130 cm³/mol. The zero-order valence-electron chi connectivity index (χ0n) is 18.1. The van der Waals surface area contributed by atoms with Gasteiger partial charge in [-0.3, -0.25) is 9.36 Å². The number of benzene rings is 3. The molecule has 1 aromatic heterocycles. The monoisotopic (exact) mass is 460 g/mol. The van der Waals surface area contributed by atoms with Gasteiger partial charge in [0.05, 0.1) is 25.6 Å². The number of methoxy groups -OCH3 is 2. The molecule has 0 spiro atoms. The molecule has 0 aliphatic heterocycles. The lowest BCUT2D eigenvalue weighted by molar-refractivity contribution is 0.0967. The van der Waals surface area contributed by atoms with E-state index in [1.807, 2.05) is 18.2 Å². The minimum atomic E-state index is -0.477. The molecule has 3 aromatic carbocycles. The van der Waals surface area contributed by atoms with Crippen LogP contribution in [0.4, 0.5) is 0 Å². The number of ether oxygens (including phenoxy) is 2. The second-order valence-electron chi connectivity index (χ2n) is 7.13. The van der Waals surface area contributed by atoms with Crippen LogP contribution in [0.15, 0.2) is 89.9 Å². The highest BCUT2D eigenvalue weighted by molar-refractivity contribution is 6.30. The minimum Gasteiger partial charge on any atom is -0.493 e. The summed E-state index contributed by atoms with van der Waals surface area (Å²) in [5.41, 5.74) is 2.08. The number of hydrogen-bond donors (Lipinski definition) is 0. The van der Waals surface area contributed by atoms with Crippen LogP contribution in [0.1, 0.15) is 10.4 Å². The van der Waals surface area contributed by atoms with Crippen molar-refractivity contribution >= 4 is 23.6 Å². The molecule has 0 amide bonds. The predicted octanol–water partition coefficient (Wildman–Crippen LogP) is 5.33. The van der Waals surface area contributed by atoms with E-state index in [1.54, 1.807) is 81.1 Å². The lowest BCUT2D eigenvalue weighted by Gasteiger charge is -2.07. The fourth-order valence-electron chi connectivity index (χ4n) is 3.46. The Hall–Kier alpha value is -4.03. The average molecular weight is 461 g/mol. The molecule has 0 N–H and O–H groups in total. The Kier molecular flexibility index (Phi) is 6.47. The molecule has 0 aliphatic carbocycles. The largest absolute Gasteiger partial charge is 0.493 e. The van der Waals surface area contributed by atoms with Gasteiger partial charge in [0.15, 0.2) is 11.5 Å². The summed E-state index contributed by atoms with van der Waals surface area (Å²) in [7, 11) is 3.10. The number of nitrogens with zero attached hydrogens (tertiary/aromatic N) is 2. The smallest absolute Gasteiger partial charge is 0.340 e. The molecule has 0 radical (unpaired) electrons. The van der Waals surface area contributed by atoms with Crippen molar-refractivity contribution in [3.63, 3.8) is 0 Å². The van der Waals surface area contributed by atoms with Crippen molar-refractivity contribution in [1.29, 1.82) is 0 Å². The van der Waals surface area contributed by atoms with E-state index in [0.29, 0.717) is 33.5 Å². The summed E-state index contributed by atoms with van der Waals surface area (Å²) in [5, 5.41) is 0.565. The van der Waals surface area contributed by atoms with Gasteiger partial charge in [-0.1, -0.05) is 48.0 Å². The van der Waals surface area contributed by atoms with E-state index in [0.717, 1.165) is 10.1 Å². The summed E-state index contributed by atoms with van der Waals surface area (Å²) in [5.74, 6) is 0.651. The Balaban J connectivity index is 1.78. The van der Waals surface area contributed by atoms with E-state index in [4.69, 9.17) is 21.1 Å². The number of hydrogen-bond acceptors (Lipinski definition) is 4. The molecule has 6 nitrogen and oxygen atoms in total. The first kappa shape index (κ1) is 22.2. The summed E-state index contributed by atoms with van der Waals surface area (Å²) >= 11 is 6.03. The SMILES string of the molecule is COc1ccc(/C=C/C(=O)n2c(-c3ccc(Cl)cc3)cn(-c3ccccc3)c2=O)cc1OC. The molecule has 1 heterocycles. The van der Waals surface area contributed by atoms with Crippen LogP contribution in [-0.2, 0) is 0 Å². The van der Waals surface area contributed by atoms with Crippen molar-refractivity contribution in [1.82, 2.24) is 9.13 Å². The Morgan fingerprint density at radius 2 is 1.61 bits per heavy atom. The molecule has 4 aromatic rings. The molecule has 0 saturated carbocycles. The molecular weight excluding hydrogens is 440 g/mol. The van der Waals surface area contributed by atoms with E-state index in [-0.39, 0.29) is 0 Å². The van der Waals surface area contributed by atoms with E-state index >= 15 is 0 Å². The zero-order valence-corrected chi connectivity index (χ0v) is 18.8. The summed E-state index contributed by atoms with van der Waals surface area (Å²) in [6.45, 7) is 0. The first-order valence-electron chi connectivity index (χ1n) is 10.1. The van der Waals surface area contributed by atoms with Gasteiger partial charge < -0.3 is 9.47 Å². The number of rotatable bonds is 6. The van der Waals surface area contributed by atoms with Gasteiger partial charge in [0.1, 0.15) is 0 Å². The van der Waals surface area contributed by atoms with Crippen molar-refractivity contribution in [2.24, 2.45) is 0 Å². The molecule has 4 rings (SSSR count). The topological polar surface area (TPSA) is 62.5 Å². The number of carbonyl (C=O) groups is 1. The molecule has 0 atom stereocenters. The molecule has 33 heavy (non-hydrogen) atoms.